The summed E-state index contributed by atoms with van der Waals surface area (Å²) < 4.78 is 20.3. The summed E-state index contributed by atoms with van der Waals surface area (Å²) in [5.74, 6) is 0.473. The number of furan rings is 1. The molecule has 0 amide bonds. The second kappa shape index (κ2) is 7.25. The summed E-state index contributed by atoms with van der Waals surface area (Å²) in [7, 11) is 0. The summed E-state index contributed by atoms with van der Waals surface area (Å²) in [6, 6.07) is 6.45. The monoisotopic (exact) mass is 359 g/mol. The van der Waals surface area contributed by atoms with Crippen LogP contribution in [0.1, 0.15) is 30.7 Å². The van der Waals surface area contributed by atoms with Gasteiger partial charge in [0.2, 0.25) is 0 Å². The maximum Gasteiger partial charge on any atom is 0.135 e. The standard InChI is InChI=1S/C15H16BrClFNO/c1-2-7-19-14(15-11(16)6-8-20-15)9-10-12(17)4-3-5-13(10)18/h3-6,8,14,19H,2,7,9H2,1H3. The first-order chi connectivity index (χ1) is 9.63. The highest BCUT2D eigenvalue weighted by Crippen LogP contribution is 2.30. The molecule has 1 aromatic heterocycles. The Balaban J connectivity index is 2.26. The molecule has 1 heterocycles. The van der Waals surface area contributed by atoms with Crippen LogP contribution in [-0.2, 0) is 6.42 Å². The van der Waals surface area contributed by atoms with E-state index in [0.717, 1.165) is 23.2 Å². The van der Waals surface area contributed by atoms with Crippen LogP contribution in [0.5, 0.6) is 0 Å². The van der Waals surface area contributed by atoms with E-state index in [1.807, 2.05) is 6.07 Å². The van der Waals surface area contributed by atoms with Crippen LogP contribution in [0.3, 0.4) is 0 Å². The van der Waals surface area contributed by atoms with Crippen molar-refractivity contribution in [3.05, 3.63) is 57.2 Å². The van der Waals surface area contributed by atoms with Gasteiger partial charge in [-0.1, -0.05) is 24.6 Å². The minimum atomic E-state index is -0.288. The van der Waals surface area contributed by atoms with E-state index in [4.69, 9.17) is 16.0 Å². The Labute approximate surface area is 131 Å². The van der Waals surface area contributed by atoms with Crippen LogP contribution in [0.4, 0.5) is 4.39 Å². The lowest BCUT2D eigenvalue weighted by atomic mass is 10.0. The fourth-order valence-electron chi connectivity index (χ4n) is 2.06. The maximum atomic E-state index is 13.9. The number of hydrogen-bond acceptors (Lipinski definition) is 2. The number of halogens is 3. The fraction of sp³-hybridized carbons (Fsp3) is 0.333. The summed E-state index contributed by atoms with van der Waals surface area (Å²) in [6.45, 7) is 2.90. The van der Waals surface area contributed by atoms with Crippen molar-refractivity contribution in [3.8, 4) is 0 Å². The van der Waals surface area contributed by atoms with Gasteiger partial charge in [0.05, 0.1) is 16.8 Å². The lowest BCUT2D eigenvalue weighted by Gasteiger charge is -2.18. The molecule has 0 saturated heterocycles. The normalized spacial score (nSPS) is 12.6. The summed E-state index contributed by atoms with van der Waals surface area (Å²) in [4.78, 5) is 0. The largest absolute Gasteiger partial charge is 0.466 e. The third-order valence-electron chi connectivity index (χ3n) is 3.07. The SMILES string of the molecule is CCCNC(Cc1c(F)cccc1Cl)c1occc1Br. The number of nitrogens with one attached hydrogen (secondary N) is 1. The second-order valence-corrected chi connectivity index (χ2v) is 5.81. The van der Waals surface area contributed by atoms with Crippen molar-refractivity contribution in [1.82, 2.24) is 5.32 Å². The van der Waals surface area contributed by atoms with Gasteiger partial charge in [-0.3, -0.25) is 0 Å². The molecule has 0 fully saturated rings. The zero-order chi connectivity index (χ0) is 14.5. The van der Waals surface area contributed by atoms with E-state index in [2.05, 4.69) is 28.2 Å². The average molecular weight is 361 g/mol. The van der Waals surface area contributed by atoms with E-state index in [1.165, 1.54) is 6.07 Å². The van der Waals surface area contributed by atoms with Crippen molar-refractivity contribution in [2.45, 2.75) is 25.8 Å². The third-order valence-corrected chi connectivity index (χ3v) is 4.08. The van der Waals surface area contributed by atoms with Gasteiger partial charge in [-0.25, -0.2) is 4.39 Å². The molecule has 0 saturated carbocycles. The van der Waals surface area contributed by atoms with Crippen molar-refractivity contribution in [3.63, 3.8) is 0 Å². The lowest BCUT2D eigenvalue weighted by molar-refractivity contribution is 0.404. The summed E-state index contributed by atoms with van der Waals surface area (Å²) >= 11 is 9.55. The predicted octanol–water partition coefficient (Wildman–Crippen LogP) is 5.12. The van der Waals surface area contributed by atoms with Crippen LogP contribution in [-0.4, -0.2) is 6.54 Å². The van der Waals surface area contributed by atoms with Gasteiger partial charge in [0, 0.05) is 10.6 Å². The molecule has 108 valence electrons. The zero-order valence-electron chi connectivity index (χ0n) is 11.1. The molecule has 2 rings (SSSR count). The molecule has 0 radical (unpaired) electrons. The number of benzene rings is 1. The lowest BCUT2D eigenvalue weighted by Crippen LogP contribution is -2.24. The summed E-state index contributed by atoms with van der Waals surface area (Å²) in [6.07, 6.45) is 3.04. The van der Waals surface area contributed by atoms with Gasteiger partial charge in [-0.2, -0.15) is 0 Å². The van der Waals surface area contributed by atoms with Gasteiger partial charge in [0.25, 0.3) is 0 Å². The van der Waals surface area contributed by atoms with Crippen LogP contribution >= 0.6 is 27.5 Å². The average Bonchev–Trinajstić information content (AvgIpc) is 2.84. The molecule has 20 heavy (non-hydrogen) atoms. The Hall–Kier alpha value is -0.840. The van der Waals surface area contributed by atoms with Crippen molar-refractivity contribution >= 4 is 27.5 Å². The van der Waals surface area contributed by atoms with Crippen LogP contribution in [0.25, 0.3) is 0 Å². The highest BCUT2D eigenvalue weighted by Gasteiger charge is 2.20. The van der Waals surface area contributed by atoms with Crippen LogP contribution < -0.4 is 5.32 Å². The molecule has 0 spiro atoms. The van der Waals surface area contributed by atoms with Gasteiger partial charge >= 0.3 is 0 Å². The van der Waals surface area contributed by atoms with Crippen molar-refractivity contribution in [1.29, 1.82) is 0 Å². The highest BCUT2D eigenvalue weighted by molar-refractivity contribution is 9.10. The molecule has 2 aromatic rings. The van der Waals surface area contributed by atoms with E-state index in [0.29, 0.717) is 17.0 Å². The molecular formula is C15H16BrClFNO. The highest BCUT2D eigenvalue weighted by atomic mass is 79.9. The van der Waals surface area contributed by atoms with Crippen molar-refractivity contribution < 1.29 is 8.81 Å². The summed E-state index contributed by atoms with van der Waals surface area (Å²) in [5, 5.41) is 3.81. The molecule has 0 aliphatic rings. The molecule has 0 aliphatic carbocycles. The minimum absolute atomic E-state index is 0.117. The van der Waals surface area contributed by atoms with E-state index in [9.17, 15) is 4.39 Å². The van der Waals surface area contributed by atoms with E-state index < -0.39 is 0 Å². The third kappa shape index (κ3) is 3.62. The van der Waals surface area contributed by atoms with Gasteiger partial charge in [-0.15, -0.1) is 0 Å². The second-order valence-electron chi connectivity index (χ2n) is 4.54. The van der Waals surface area contributed by atoms with Crippen LogP contribution in [0.2, 0.25) is 5.02 Å². The quantitative estimate of drug-likeness (QED) is 0.773. The molecule has 0 bridgehead atoms. The Kier molecular flexibility index (Phi) is 5.64. The molecule has 5 heteroatoms. The van der Waals surface area contributed by atoms with Crippen molar-refractivity contribution in [2.75, 3.05) is 6.54 Å². The van der Waals surface area contributed by atoms with E-state index >= 15 is 0 Å². The molecular weight excluding hydrogens is 345 g/mol. The van der Waals surface area contributed by atoms with Gasteiger partial charge in [0.1, 0.15) is 11.6 Å². The Morgan fingerprint density at radius 1 is 1.40 bits per heavy atom. The van der Waals surface area contributed by atoms with Gasteiger partial charge < -0.3 is 9.73 Å². The topological polar surface area (TPSA) is 25.2 Å². The van der Waals surface area contributed by atoms with Crippen LogP contribution in [0.15, 0.2) is 39.4 Å². The first-order valence-electron chi connectivity index (χ1n) is 6.52. The van der Waals surface area contributed by atoms with E-state index in [-0.39, 0.29) is 11.9 Å². The predicted molar refractivity (Wildman–Crippen MR) is 82.6 cm³/mol. The molecule has 0 aliphatic heterocycles. The number of rotatable bonds is 6. The smallest absolute Gasteiger partial charge is 0.135 e. The molecule has 1 unspecified atom stereocenters. The zero-order valence-corrected chi connectivity index (χ0v) is 13.5. The molecule has 1 atom stereocenters. The minimum Gasteiger partial charge on any atom is -0.466 e. The Bertz CT molecular complexity index is 553. The van der Waals surface area contributed by atoms with Crippen LogP contribution in [0, 0.1) is 5.82 Å². The molecule has 1 aromatic carbocycles. The maximum absolute atomic E-state index is 13.9. The first-order valence-corrected chi connectivity index (χ1v) is 7.69. The van der Waals surface area contributed by atoms with E-state index in [1.54, 1.807) is 18.4 Å². The van der Waals surface area contributed by atoms with Gasteiger partial charge in [-0.05, 0) is 53.5 Å². The first kappa shape index (κ1) is 15.5. The molecule has 1 N–H and O–H groups in total. The van der Waals surface area contributed by atoms with Gasteiger partial charge in [0.15, 0.2) is 0 Å². The fourth-order valence-corrected chi connectivity index (χ4v) is 2.78. The number of hydrogen-bond donors (Lipinski definition) is 1. The van der Waals surface area contributed by atoms with Crippen molar-refractivity contribution in [2.24, 2.45) is 0 Å². The Morgan fingerprint density at radius 3 is 2.80 bits per heavy atom. The Morgan fingerprint density at radius 2 is 2.20 bits per heavy atom. The summed E-state index contributed by atoms with van der Waals surface area (Å²) in [5.41, 5.74) is 0.506. The molecule has 2 nitrogen and oxygen atoms in total.